The average Bonchev–Trinajstić information content (AvgIpc) is 3.17. The number of anilines is 1. The van der Waals surface area contributed by atoms with Crippen molar-refractivity contribution >= 4 is 44.9 Å². The monoisotopic (exact) mass is 384 g/mol. The molecule has 140 valence electrons. The van der Waals surface area contributed by atoms with Crippen molar-refractivity contribution in [2.75, 3.05) is 5.32 Å². The van der Waals surface area contributed by atoms with Gasteiger partial charge in [-0.05, 0) is 62.5 Å². The maximum absolute atomic E-state index is 12.5. The minimum absolute atomic E-state index is 0.0129. The number of rotatable bonds is 6. The molecule has 0 spiro atoms. The molecule has 0 aliphatic carbocycles. The molecule has 3 rings (SSSR count). The highest BCUT2D eigenvalue weighted by molar-refractivity contribution is 7.16. The summed E-state index contributed by atoms with van der Waals surface area (Å²) >= 11 is 1.46. The first kappa shape index (κ1) is 18.8. The summed E-state index contributed by atoms with van der Waals surface area (Å²) in [5.74, 6) is -0.754. The van der Waals surface area contributed by atoms with Crippen LogP contribution >= 0.6 is 11.3 Å². The second-order valence-corrected chi connectivity index (χ2v) is 7.33. The van der Waals surface area contributed by atoms with E-state index < -0.39 is 5.97 Å². The number of ether oxygens (including phenoxy) is 1. The van der Waals surface area contributed by atoms with Crippen LogP contribution in [0.1, 0.15) is 41.6 Å². The van der Waals surface area contributed by atoms with E-state index in [0.29, 0.717) is 16.9 Å². The number of aromatic nitrogens is 1. The Bertz CT molecular complexity index is 999. The smallest absolute Gasteiger partial charge is 0.355 e. The average molecular weight is 384 g/mol. The fraction of sp³-hybridized carbons (Fsp3) is 0.250. The highest BCUT2D eigenvalue weighted by Gasteiger charge is 2.20. The van der Waals surface area contributed by atoms with Crippen LogP contribution in [-0.4, -0.2) is 28.3 Å². The lowest BCUT2D eigenvalue weighted by Gasteiger charge is -2.12. The van der Waals surface area contributed by atoms with E-state index in [1.807, 2.05) is 11.4 Å². The molecule has 0 atom stereocenters. The first-order valence-corrected chi connectivity index (χ1v) is 9.41. The van der Waals surface area contributed by atoms with Gasteiger partial charge in [-0.15, -0.1) is 11.3 Å². The van der Waals surface area contributed by atoms with E-state index in [4.69, 9.17) is 4.74 Å². The van der Waals surface area contributed by atoms with E-state index in [0.717, 1.165) is 10.2 Å². The molecule has 1 amide bonds. The van der Waals surface area contributed by atoms with Crippen LogP contribution in [0, 0.1) is 0 Å². The molecule has 2 aromatic heterocycles. The lowest BCUT2D eigenvalue weighted by atomic mass is 10.1. The van der Waals surface area contributed by atoms with Gasteiger partial charge >= 0.3 is 5.97 Å². The number of carbonyl (C=O) groups is 3. The number of hydrogen-bond acceptors (Lipinski definition) is 5. The minimum Gasteiger partial charge on any atom is -0.458 e. The third kappa shape index (κ3) is 4.25. The van der Waals surface area contributed by atoms with Crippen molar-refractivity contribution in [3.63, 3.8) is 0 Å². The molecule has 0 unspecified atom stereocenters. The SMILES string of the molecule is CC(=O)c1ccc(NC(=O)Cn2c(C(=O)OC(C)C)cc3ccsc32)cc1. The lowest BCUT2D eigenvalue weighted by Crippen LogP contribution is -2.22. The zero-order valence-electron chi connectivity index (χ0n) is 15.3. The van der Waals surface area contributed by atoms with Gasteiger partial charge in [0, 0.05) is 16.6 Å². The number of ketones is 1. The Labute approximate surface area is 160 Å². The number of esters is 1. The van der Waals surface area contributed by atoms with Crippen LogP contribution in [0.2, 0.25) is 0 Å². The molecule has 0 bridgehead atoms. The first-order valence-electron chi connectivity index (χ1n) is 8.53. The van der Waals surface area contributed by atoms with Crippen molar-refractivity contribution in [2.45, 2.75) is 33.4 Å². The Balaban J connectivity index is 1.80. The highest BCUT2D eigenvalue weighted by Crippen LogP contribution is 2.26. The largest absolute Gasteiger partial charge is 0.458 e. The molecule has 1 aromatic carbocycles. The standard InChI is InChI=1S/C20H20N2O4S/c1-12(2)26-20(25)17-10-15-8-9-27-19(15)22(17)11-18(24)21-16-6-4-14(5-7-16)13(3)23/h4-10,12H,11H2,1-3H3,(H,21,24). The zero-order chi connectivity index (χ0) is 19.6. The van der Waals surface area contributed by atoms with Gasteiger partial charge in [0.05, 0.1) is 6.10 Å². The van der Waals surface area contributed by atoms with Gasteiger partial charge in [0.1, 0.15) is 17.1 Å². The summed E-state index contributed by atoms with van der Waals surface area (Å²) in [6, 6.07) is 10.3. The number of nitrogens with zero attached hydrogens (tertiary/aromatic N) is 1. The quantitative estimate of drug-likeness (QED) is 0.512. The van der Waals surface area contributed by atoms with Crippen molar-refractivity contribution in [1.82, 2.24) is 4.57 Å². The van der Waals surface area contributed by atoms with E-state index in [2.05, 4.69) is 5.32 Å². The van der Waals surface area contributed by atoms with Crippen molar-refractivity contribution in [3.8, 4) is 0 Å². The number of thiophene rings is 1. The summed E-state index contributed by atoms with van der Waals surface area (Å²) in [5, 5.41) is 5.60. The molecule has 0 saturated heterocycles. The van der Waals surface area contributed by atoms with E-state index in [1.165, 1.54) is 18.3 Å². The van der Waals surface area contributed by atoms with Gasteiger partial charge in [0.15, 0.2) is 5.78 Å². The number of Topliss-reactive ketones (excluding diaryl/α,β-unsaturated/α-hetero) is 1. The Kier molecular flexibility index (Phi) is 5.41. The number of amides is 1. The molecule has 2 heterocycles. The van der Waals surface area contributed by atoms with Crippen LogP contribution in [0.15, 0.2) is 41.8 Å². The minimum atomic E-state index is -0.452. The summed E-state index contributed by atoms with van der Waals surface area (Å²) in [7, 11) is 0. The summed E-state index contributed by atoms with van der Waals surface area (Å²) in [5.41, 5.74) is 1.52. The predicted octanol–water partition coefficient (Wildman–Crippen LogP) is 4.11. The molecule has 7 heteroatoms. The molecule has 1 N–H and O–H groups in total. The van der Waals surface area contributed by atoms with Crippen molar-refractivity contribution in [1.29, 1.82) is 0 Å². The van der Waals surface area contributed by atoms with E-state index in [-0.39, 0.29) is 24.3 Å². The number of benzene rings is 1. The Morgan fingerprint density at radius 1 is 1.15 bits per heavy atom. The second kappa shape index (κ2) is 7.75. The second-order valence-electron chi connectivity index (χ2n) is 6.43. The Hall–Kier alpha value is -2.93. The third-order valence-corrected chi connectivity index (χ3v) is 4.88. The van der Waals surface area contributed by atoms with Crippen molar-refractivity contribution in [2.24, 2.45) is 0 Å². The van der Waals surface area contributed by atoms with Gasteiger partial charge in [0.25, 0.3) is 0 Å². The molecule has 6 nitrogen and oxygen atoms in total. The Morgan fingerprint density at radius 2 is 1.85 bits per heavy atom. The third-order valence-electron chi connectivity index (χ3n) is 3.93. The molecular formula is C20H20N2O4S. The van der Waals surface area contributed by atoms with Crippen LogP contribution in [-0.2, 0) is 16.1 Å². The fourth-order valence-corrected chi connectivity index (χ4v) is 3.60. The summed E-state index contributed by atoms with van der Waals surface area (Å²) < 4.78 is 6.96. The van der Waals surface area contributed by atoms with Gasteiger partial charge < -0.3 is 14.6 Å². The fourth-order valence-electron chi connectivity index (χ4n) is 2.71. The van der Waals surface area contributed by atoms with Gasteiger partial charge in [-0.1, -0.05) is 0 Å². The normalized spacial score (nSPS) is 11.0. The van der Waals surface area contributed by atoms with Gasteiger partial charge in [0.2, 0.25) is 5.91 Å². The van der Waals surface area contributed by atoms with Crippen molar-refractivity contribution in [3.05, 3.63) is 53.0 Å². The van der Waals surface area contributed by atoms with Crippen LogP contribution in [0.3, 0.4) is 0 Å². The van der Waals surface area contributed by atoms with Crippen LogP contribution in [0.4, 0.5) is 5.69 Å². The summed E-state index contributed by atoms with van der Waals surface area (Å²) in [6.45, 7) is 5.04. The molecule has 27 heavy (non-hydrogen) atoms. The molecule has 3 aromatic rings. The van der Waals surface area contributed by atoms with Gasteiger partial charge in [-0.3, -0.25) is 9.59 Å². The number of fused-ring (bicyclic) bond motifs is 1. The molecule has 0 aliphatic heterocycles. The Morgan fingerprint density at radius 3 is 2.48 bits per heavy atom. The number of nitrogens with one attached hydrogen (secondary N) is 1. The van der Waals surface area contributed by atoms with E-state index in [1.54, 1.807) is 48.7 Å². The maximum atomic E-state index is 12.5. The van der Waals surface area contributed by atoms with Gasteiger partial charge in [-0.2, -0.15) is 0 Å². The number of hydrogen-bond donors (Lipinski definition) is 1. The molecule has 0 aliphatic rings. The van der Waals surface area contributed by atoms with Gasteiger partial charge in [-0.25, -0.2) is 4.79 Å². The molecule has 0 radical (unpaired) electrons. The van der Waals surface area contributed by atoms with Crippen molar-refractivity contribution < 1.29 is 19.1 Å². The van der Waals surface area contributed by atoms with Crippen LogP contribution in [0.25, 0.3) is 10.2 Å². The zero-order valence-corrected chi connectivity index (χ0v) is 16.1. The number of carbonyl (C=O) groups excluding carboxylic acids is 3. The van der Waals surface area contributed by atoms with Crippen LogP contribution in [0.5, 0.6) is 0 Å². The molecule has 0 fully saturated rings. The maximum Gasteiger partial charge on any atom is 0.355 e. The highest BCUT2D eigenvalue weighted by atomic mass is 32.1. The lowest BCUT2D eigenvalue weighted by molar-refractivity contribution is -0.116. The van der Waals surface area contributed by atoms with Crippen LogP contribution < -0.4 is 5.32 Å². The van der Waals surface area contributed by atoms with E-state index >= 15 is 0 Å². The predicted molar refractivity (Wildman–Crippen MR) is 105 cm³/mol. The molecule has 0 saturated carbocycles. The summed E-state index contributed by atoms with van der Waals surface area (Å²) in [4.78, 5) is 37.1. The molecular weight excluding hydrogens is 364 g/mol. The first-order chi connectivity index (χ1) is 12.8. The van der Waals surface area contributed by atoms with E-state index in [9.17, 15) is 14.4 Å². The topological polar surface area (TPSA) is 77.4 Å². The summed E-state index contributed by atoms with van der Waals surface area (Å²) in [6.07, 6.45) is -0.243.